The van der Waals surface area contributed by atoms with E-state index < -0.39 is 47.7 Å². The number of nitrogens with one attached hydrogen (secondary N) is 1. The van der Waals surface area contributed by atoms with Gasteiger partial charge in [0, 0.05) is 19.0 Å². The van der Waals surface area contributed by atoms with Gasteiger partial charge in [0.15, 0.2) is 0 Å². The van der Waals surface area contributed by atoms with Crippen molar-refractivity contribution in [3.05, 3.63) is 61.2 Å². The minimum atomic E-state index is -1.22. The predicted octanol–water partition coefficient (Wildman–Crippen LogP) is 3.56. The molecule has 1 aromatic carbocycles. The van der Waals surface area contributed by atoms with Crippen molar-refractivity contribution in [1.82, 2.24) is 15.1 Å². The van der Waals surface area contributed by atoms with E-state index in [1.165, 1.54) is 4.90 Å². The Bertz CT molecular complexity index is 1250. The van der Waals surface area contributed by atoms with E-state index >= 15 is 0 Å². The minimum absolute atomic E-state index is 0.0620. The number of carbonyl (C=O) groups is 4. The fraction of sp³-hybridized carbons (Fsp3) is 0.600. The Kier molecular flexibility index (Phi) is 11.3. The number of aliphatic hydroxyl groups excluding tert-OH is 1. The van der Waals surface area contributed by atoms with E-state index in [4.69, 9.17) is 9.47 Å². The van der Waals surface area contributed by atoms with Gasteiger partial charge in [0.05, 0.1) is 37.1 Å². The first-order valence-electron chi connectivity index (χ1n) is 16.2. The second-order valence-corrected chi connectivity index (χ2v) is 12.8. The summed E-state index contributed by atoms with van der Waals surface area (Å²) in [6.07, 6.45) is 4.34. The van der Waals surface area contributed by atoms with Crippen molar-refractivity contribution < 1.29 is 33.8 Å². The van der Waals surface area contributed by atoms with Crippen LogP contribution < -0.4 is 5.32 Å². The van der Waals surface area contributed by atoms with Crippen LogP contribution in [0.1, 0.15) is 71.5 Å². The summed E-state index contributed by atoms with van der Waals surface area (Å²) in [4.78, 5) is 58.6. The van der Waals surface area contributed by atoms with Gasteiger partial charge in [0.25, 0.3) is 0 Å². The maximum Gasteiger partial charge on any atom is 0.313 e. The molecular weight excluding hydrogens is 574 g/mol. The predicted molar refractivity (Wildman–Crippen MR) is 170 cm³/mol. The highest BCUT2D eigenvalue weighted by atomic mass is 16.6. The number of hydrogen-bond acceptors (Lipinski definition) is 7. The molecule has 246 valence electrons. The molecule has 45 heavy (non-hydrogen) atoms. The third-order valence-electron chi connectivity index (χ3n) is 9.81. The number of nitrogens with zero attached hydrogens (tertiary/aromatic N) is 2. The second kappa shape index (κ2) is 14.7. The molecule has 1 spiro atoms. The SMILES string of the molecule is C=CCCC(=O)NC[C@H](OC(=O)[C@@H]1[C@@H]2CC[C@]3(O2)[C@H](C(=O)N(CC=C)C(C)C)N([C@@H](CO)[C@@H](C)CC)C(=O)[C@@H]13)c1ccccc1. The molecule has 4 rings (SSSR count). The van der Waals surface area contributed by atoms with Crippen LogP contribution in [0.2, 0.25) is 0 Å². The first-order valence-corrected chi connectivity index (χ1v) is 16.2. The Balaban J connectivity index is 1.69. The minimum Gasteiger partial charge on any atom is -0.455 e. The molecule has 10 nitrogen and oxygen atoms in total. The van der Waals surface area contributed by atoms with Gasteiger partial charge in [-0.05, 0) is 44.6 Å². The van der Waals surface area contributed by atoms with E-state index in [0.717, 1.165) is 0 Å². The van der Waals surface area contributed by atoms with E-state index in [-0.39, 0.29) is 55.8 Å². The van der Waals surface area contributed by atoms with Gasteiger partial charge in [0.2, 0.25) is 17.7 Å². The number of rotatable bonds is 16. The highest BCUT2D eigenvalue weighted by Crippen LogP contribution is 2.59. The molecule has 3 amide bonds. The lowest BCUT2D eigenvalue weighted by Gasteiger charge is -2.41. The third kappa shape index (κ3) is 6.58. The molecular formula is C35H49N3O7. The van der Waals surface area contributed by atoms with Crippen LogP contribution in [0, 0.1) is 17.8 Å². The highest BCUT2D eigenvalue weighted by molar-refractivity contribution is 5.98. The number of esters is 1. The standard InChI is InChI=1S/C35H49N3O7/c1-7-10-16-28(40)36-20-27(24-14-12-11-13-15-24)44-34(43)29-26-17-18-35(45-26)30(29)32(41)38(25(21-39)23(6)9-3)31(35)33(42)37(19-8-2)22(4)5/h7-8,11-15,22-23,25-27,29-31,39H,1-2,9-10,16-21H2,3-6H3,(H,36,40)/t23-,25-,26-,27-,29+,30+,31-,35+/m0/s1. The van der Waals surface area contributed by atoms with Gasteiger partial charge in [-0.3, -0.25) is 19.2 Å². The van der Waals surface area contributed by atoms with Gasteiger partial charge in [-0.25, -0.2) is 0 Å². The summed E-state index contributed by atoms with van der Waals surface area (Å²) in [6, 6.07) is 7.34. The van der Waals surface area contributed by atoms with Crippen LogP contribution in [0.15, 0.2) is 55.6 Å². The first kappa shape index (κ1) is 34.4. The Morgan fingerprint density at radius 2 is 1.91 bits per heavy atom. The zero-order valence-corrected chi connectivity index (χ0v) is 27.0. The van der Waals surface area contributed by atoms with Crippen LogP contribution in [0.4, 0.5) is 0 Å². The van der Waals surface area contributed by atoms with Crippen molar-refractivity contribution in [2.45, 2.75) is 95.7 Å². The number of amides is 3. The summed E-state index contributed by atoms with van der Waals surface area (Å²) in [7, 11) is 0. The van der Waals surface area contributed by atoms with Crippen molar-refractivity contribution in [3.63, 3.8) is 0 Å². The molecule has 2 N–H and O–H groups in total. The zero-order valence-electron chi connectivity index (χ0n) is 27.0. The van der Waals surface area contributed by atoms with E-state index in [1.54, 1.807) is 17.1 Å². The molecule has 0 saturated carbocycles. The molecule has 0 unspecified atom stereocenters. The average molecular weight is 624 g/mol. The van der Waals surface area contributed by atoms with Gasteiger partial charge < -0.3 is 29.7 Å². The lowest BCUT2D eigenvalue weighted by Crippen LogP contribution is -2.60. The Hall–Kier alpha value is -3.50. The maximum atomic E-state index is 14.5. The van der Waals surface area contributed by atoms with Gasteiger partial charge >= 0.3 is 5.97 Å². The van der Waals surface area contributed by atoms with Crippen LogP contribution in [0.3, 0.4) is 0 Å². The first-order chi connectivity index (χ1) is 21.6. The number of hydrogen-bond donors (Lipinski definition) is 2. The molecule has 10 heteroatoms. The number of benzene rings is 1. The van der Waals surface area contributed by atoms with Crippen LogP contribution in [-0.2, 0) is 28.7 Å². The van der Waals surface area contributed by atoms with Crippen molar-refractivity contribution in [2.24, 2.45) is 17.8 Å². The Morgan fingerprint density at radius 3 is 2.51 bits per heavy atom. The Morgan fingerprint density at radius 1 is 1.20 bits per heavy atom. The highest BCUT2D eigenvalue weighted by Gasteiger charge is 2.76. The lowest BCUT2D eigenvalue weighted by atomic mass is 9.70. The molecule has 3 fully saturated rings. The van der Waals surface area contributed by atoms with Gasteiger partial charge in [-0.2, -0.15) is 0 Å². The van der Waals surface area contributed by atoms with Crippen LogP contribution >= 0.6 is 0 Å². The lowest BCUT2D eigenvalue weighted by molar-refractivity contribution is -0.161. The third-order valence-corrected chi connectivity index (χ3v) is 9.81. The number of carbonyl (C=O) groups excluding carboxylic acids is 4. The summed E-state index contributed by atoms with van der Waals surface area (Å²) < 4.78 is 12.7. The number of ether oxygens (including phenoxy) is 2. The molecule has 8 atom stereocenters. The second-order valence-electron chi connectivity index (χ2n) is 12.8. The topological polar surface area (TPSA) is 125 Å². The van der Waals surface area contributed by atoms with Crippen molar-refractivity contribution in [3.8, 4) is 0 Å². The number of allylic oxidation sites excluding steroid dienone is 1. The maximum absolute atomic E-state index is 14.5. The molecule has 2 bridgehead atoms. The van der Waals surface area contributed by atoms with Crippen molar-refractivity contribution in [1.29, 1.82) is 0 Å². The Labute approximate surface area is 266 Å². The van der Waals surface area contributed by atoms with E-state index in [9.17, 15) is 24.3 Å². The summed E-state index contributed by atoms with van der Waals surface area (Å²) >= 11 is 0. The number of likely N-dealkylation sites (tertiary alicyclic amines) is 1. The molecule has 0 radical (unpaired) electrons. The van der Waals surface area contributed by atoms with Gasteiger partial charge in [-0.1, -0.05) is 62.8 Å². The molecule has 3 aliphatic rings. The smallest absolute Gasteiger partial charge is 0.313 e. The molecule has 0 aliphatic carbocycles. The molecule has 3 heterocycles. The number of aliphatic hydroxyl groups is 1. The quantitative estimate of drug-likeness (QED) is 0.213. The van der Waals surface area contributed by atoms with E-state index in [0.29, 0.717) is 31.2 Å². The normalized spacial score (nSPS) is 27.1. The van der Waals surface area contributed by atoms with Crippen LogP contribution in [0.5, 0.6) is 0 Å². The monoisotopic (exact) mass is 623 g/mol. The molecule has 3 aliphatic heterocycles. The van der Waals surface area contributed by atoms with Gasteiger partial charge in [0.1, 0.15) is 17.7 Å². The van der Waals surface area contributed by atoms with Crippen LogP contribution in [0.25, 0.3) is 0 Å². The fourth-order valence-corrected chi connectivity index (χ4v) is 7.30. The summed E-state index contributed by atoms with van der Waals surface area (Å²) in [6.45, 7) is 15.2. The van der Waals surface area contributed by atoms with E-state index in [1.807, 2.05) is 58.0 Å². The van der Waals surface area contributed by atoms with Crippen LogP contribution in [-0.4, -0.2) is 88.1 Å². The number of fused-ring (bicyclic) bond motifs is 1. The average Bonchev–Trinajstić information content (AvgIpc) is 3.68. The molecule has 0 aromatic heterocycles. The van der Waals surface area contributed by atoms with Crippen molar-refractivity contribution in [2.75, 3.05) is 19.7 Å². The summed E-state index contributed by atoms with van der Waals surface area (Å²) in [5.41, 5.74) is -0.519. The fourth-order valence-electron chi connectivity index (χ4n) is 7.30. The molecule has 1 aromatic rings. The summed E-state index contributed by atoms with van der Waals surface area (Å²) in [5.74, 6) is -3.41. The van der Waals surface area contributed by atoms with E-state index in [2.05, 4.69) is 18.5 Å². The van der Waals surface area contributed by atoms with Gasteiger partial charge in [-0.15, -0.1) is 13.2 Å². The zero-order chi connectivity index (χ0) is 32.9. The molecule has 3 saturated heterocycles. The summed E-state index contributed by atoms with van der Waals surface area (Å²) in [5, 5.41) is 13.4. The van der Waals surface area contributed by atoms with Crippen molar-refractivity contribution >= 4 is 23.7 Å². The largest absolute Gasteiger partial charge is 0.455 e.